The lowest BCUT2D eigenvalue weighted by Crippen LogP contribution is -2.29. The van der Waals surface area contributed by atoms with Gasteiger partial charge in [-0.3, -0.25) is 0 Å². The molecule has 51 heavy (non-hydrogen) atoms. The average molecular weight is 711 g/mol. The number of benzene rings is 1. The molecule has 6 heteroatoms. The molecule has 4 rings (SSSR count). The standard InChI is InChI=1S/C45H74O6/c1-5-6-7-10-34-13-15-36(16-14-34)37-17-19-38(20-18-37)39-21-23-40(24-22-39)43-29-41(11-8-26-49-4)44(50-28-25-35(31-46)32-47)42(30-43)12-9-27-51-45(48)33(2)3/h29-30,34-40,46-47H,2,5-28,31-32H2,1,3-4H3. The molecule has 3 aliphatic rings. The van der Waals surface area contributed by atoms with E-state index in [4.69, 9.17) is 14.2 Å². The molecule has 0 aliphatic heterocycles. The van der Waals surface area contributed by atoms with Gasteiger partial charge in [0.05, 0.1) is 13.2 Å². The fourth-order valence-corrected chi connectivity index (χ4v) is 9.74. The minimum atomic E-state index is -0.343. The zero-order valence-electron chi connectivity index (χ0n) is 32.8. The summed E-state index contributed by atoms with van der Waals surface area (Å²) >= 11 is 0. The minimum absolute atomic E-state index is 0.0509. The van der Waals surface area contributed by atoms with Gasteiger partial charge in [-0.1, -0.05) is 64.2 Å². The van der Waals surface area contributed by atoms with Gasteiger partial charge in [0.15, 0.2) is 0 Å². The molecule has 6 nitrogen and oxygen atoms in total. The van der Waals surface area contributed by atoms with Crippen LogP contribution in [0.2, 0.25) is 0 Å². The first-order valence-electron chi connectivity index (χ1n) is 21.2. The van der Waals surface area contributed by atoms with Crippen LogP contribution in [0, 0.1) is 35.5 Å². The van der Waals surface area contributed by atoms with Gasteiger partial charge in [-0.15, -0.1) is 0 Å². The molecular formula is C45H74O6. The lowest BCUT2D eigenvalue weighted by molar-refractivity contribution is -0.139. The number of ether oxygens (including phenoxy) is 3. The number of rotatable bonds is 22. The first-order chi connectivity index (χ1) is 24.9. The smallest absolute Gasteiger partial charge is 0.333 e. The lowest BCUT2D eigenvalue weighted by atomic mass is 9.64. The number of unbranched alkanes of at least 4 members (excludes halogenated alkanes) is 2. The topological polar surface area (TPSA) is 85.2 Å². The fraction of sp³-hybridized carbons (Fsp3) is 0.800. The molecule has 3 saturated carbocycles. The van der Waals surface area contributed by atoms with Crippen LogP contribution in [0.1, 0.15) is 158 Å². The first kappa shape index (κ1) is 41.9. The Morgan fingerprint density at radius 2 is 1.29 bits per heavy atom. The van der Waals surface area contributed by atoms with Crippen LogP contribution >= 0.6 is 0 Å². The third kappa shape index (κ3) is 13.5. The second kappa shape index (κ2) is 23.0. The number of carbonyl (C=O) groups excluding carboxylic acids is 1. The number of aryl methyl sites for hydroxylation is 2. The van der Waals surface area contributed by atoms with Crippen molar-refractivity contribution in [1.82, 2.24) is 0 Å². The van der Waals surface area contributed by atoms with E-state index in [1.54, 1.807) is 14.0 Å². The zero-order valence-corrected chi connectivity index (χ0v) is 32.8. The highest BCUT2D eigenvalue weighted by atomic mass is 16.5. The molecule has 0 spiro atoms. The summed E-state index contributed by atoms with van der Waals surface area (Å²) in [6.07, 6.45) is 26.6. The van der Waals surface area contributed by atoms with E-state index in [-0.39, 0.29) is 25.1 Å². The SMILES string of the molecule is C=C(C)C(=O)OCCCc1cc(C2CCC(C3CCC(C4CCC(CCCCC)CC4)CC3)CC2)cc(CCCOC)c1OCCC(CO)CO. The van der Waals surface area contributed by atoms with Crippen LogP contribution in [-0.2, 0) is 27.1 Å². The summed E-state index contributed by atoms with van der Waals surface area (Å²) in [4.78, 5) is 12.0. The predicted molar refractivity (Wildman–Crippen MR) is 208 cm³/mol. The Bertz CT molecular complexity index is 1140. The van der Waals surface area contributed by atoms with Crippen LogP contribution in [0.15, 0.2) is 24.3 Å². The molecule has 3 aliphatic carbocycles. The van der Waals surface area contributed by atoms with Gasteiger partial charge in [-0.2, -0.15) is 0 Å². The van der Waals surface area contributed by atoms with Crippen molar-refractivity contribution in [1.29, 1.82) is 0 Å². The fourth-order valence-electron chi connectivity index (χ4n) is 9.74. The molecule has 0 bridgehead atoms. The van der Waals surface area contributed by atoms with Gasteiger partial charge in [-0.25, -0.2) is 4.79 Å². The summed E-state index contributed by atoms with van der Waals surface area (Å²) in [6.45, 7) is 9.08. The molecule has 0 amide bonds. The van der Waals surface area contributed by atoms with E-state index in [1.165, 1.54) is 119 Å². The van der Waals surface area contributed by atoms with Crippen LogP contribution in [-0.4, -0.2) is 56.3 Å². The molecule has 2 N–H and O–H groups in total. The van der Waals surface area contributed by atoms with Gasteiger partial charge in [0.2, 0.25) is 0 Å². The van der Waals surface area contributed by atoms with E-state index in [9.17, 15) is 15.0 Å². The molecule has 1 aromatic rings. The van der Waals surface area contributed by atoms with Crippen molar-refractivity contribution < 1.29 is 29.2 Å². The van der Waals surface area contributed by atoms with Gasteiger partial charge < -0.3 is 24.4 Å². The van der Waals surface area contributed by atoms with Gasteiger partial charge >= 0.3 is 5.97 Å². The first-order valence-corrected chi connectivity index (χ1v) is 21.2. The summed E-state index contributed by atoms with van der Waals surface area (Å²) in [6, 6.07) is 4.78. The third-order valence-corrected chi connectivity index (χ3v) is 13.0. The number of carbonyl (C=O) groups is 1. The summed E-state index contributed by atoms with van der Waals surface area (Å²) in [5.41, 5.74) is 4.24. The number of esters is 1. The number of methoxy groups -OCH3 is 1. The monoisotopic (exact) mass is 711 g/mol. The Labute approximate surface area is 311 Å². The Morgan fingerprint density at radius 3 is 1.80 bits per heavy atom. The van der Waals surface area contributed by atoms with Crippen LogP contribution in [0.25, 0.3) is 0 Å². The minimum Gasteiger partial charge on any atom is -0.493 e. The average Bonchev–Trinajstić information content (AvgIpc) is 3.16. The lowest BCUT2D eigenvalue weighted by Gasteiger charge is -2.41. The molecule has 0 atom stereocenters. The highest BCUT2D eigenvalue weighted by Crippen LogP contribution is 2.48. The van der Waals surface area contributed by atoms with Crippen molar-refractivity contribution >= 4 is 5.97 Å². The highest BCUT2D eigenvalue weighted by Gasteiger charge is 2.35. The van der Waals surface area contributed by atoms with Gasteiger partial charge in [0.25, 0.3) is 0 Å². The van der Waals surface area contributed by atoms with Crippen molar-refractivity contribution in [2.45, 2.75) is 155 Å². The van der Waals surface area contributed by atoms with E-state index < -0.39 is 0 Å². The van der Waals surface area contributed by atoms with Gasteiger partial charge in [-0.05, 0) is 155 Å². The van der Waals surface area contributed by atoms with E-state index in [0.717, 1.165) is 54.6 Å². The van der Waals surface area contributed by atoms with E-state index in [0.29, 0.717) is 44.2 Å². The number of hydrogen-bond donors (Lipinski definition) is 2. The molecular weight excluding hydrogens is 636 g/mol. The van der Waals surface area contributed by atoms with Crippen molar-refractivity contribution in [3.8, 4) is 5.75 Å². The van der Waals surface area contributed by atoms with Crippen molar-refractivity contribution in [2.75, 3.05) is 40.1 Å². The van der Waals surface area contributed by atoms with Crippen LogP contribution in [0.5, 0.6) is 5.75 Å². The second-order valence-corrected chi connectivity index (χ2v) is 16.7. The molecule has 0 radical (unpaired) electrons. The van der Waals surface area contributed by atoms with Crippen LogP contribution in [0.3, 0.4) is 0 Å². The maximum absolute atomic E-state index is 12.0. The third-order valence-electron chi connectivity index (χ3n) is 13.0. The molecule has 0 saturated heterocycles. The molecule has 0 heterocycles. The summed E-state index contributed by atoms with van der Waals surface area (Å²) in [5, 5.41) is 19.2. The molecule has 3 fully saturated rings. The van der Waals surface area contributed by atoms with Gasteiger partial charge in [0, 0.05) is 38.4 Å². The molecule has 290 valence electrons. The zero-order chi connectivity index (χ0) is 36.4. The summed E-state index contributed by atoms with van der Waals surface area (Å²) < 4.78 is 17.3. The van der Waals surface area contributed by atoms with Crippen LogP contribution in [0.4, 0.5) is 0 Å². The maximum Gasteiger partial charge on any atom is 0.333 e. The Balaban J connectivity index is 1.36. The number of hydrogen-bond acceptors (Lipinski definition) is 6. The molecule has 0 unspecified atom stereocenters. The highest BCUT2D eigenvalue weighted by molar-refractivity contribution is 5.86. The number of aliphatic hydroxyl groups is 2. The summed E-state index contributed by atoms with van der Waals surface area (Å²) in [7, 11) is 1.75. The second-order valence-electron chi connectivity index (χ2n) is 16.7. The van der Waals surface area contributed by atoms with E-state index in [2.05, 4.69) is 25.6 Å². The maximum atomic E-state index is 12.0. The van der Waals surface area contributed by atoms with E-state index in [1.807, 2.05) is 0 Å². The summed E-state index contributed by atoms with van der Waals surface area (Å²) in [5.74, 6) is 5.78. The Morgan fingerprint density at radius 1 is 0.765 bits per heavy atom. The van der Waals surface area contributed by atoms with E-state index >= 15 is 0 Å². The molecule has 0 aromatic heterocycles. The Hall–Kier alpha value is -1.89. The predicted octanol–water partition coefficient (Wildman–Crippen LogP) is 10.2. The quantitative estimate of drug-likeness (QED) is 0.0708. The van der Waals surface area contributed by atoms with Crippen molar-refractivity contribution in [2.24, 2.45) is 35.5 Å². The van der Waals surface area contributed by atoms with Crippen molar-refractivity contribution in [3.05, 3.63) is 41.0 Å². The number of aliphatic hydroxyl groups excluding tert-OH is 2. The Kier molecular flexibility index (Phi) is 18.9. The van der Waals surface area contributed by atoms with Crippen LogP contribution < -0.4 is 4.74 Å². The largest absolute Gasteiger partial charge is 0.493 e. The van der Waals surface area contributed by atoms with Gasteiger partial charge in [0.1, 0.15) is 5.75 Å². The normalized spacial score (nSPS) is 25.5. The molecule has 1 aromatic carbocycles. The van der Waals surface area contributed by atoms with Crippen molar-refractivity contribution in [3.63, 3.8) is 0 Å².